The predicted molar refractivity (Wildman–Crippen MR) is 75.1 cm³/mol. The summed E-state index contributed by atoms with van der Waals surface area (Å²) in [6.45, 7) is 1.98. The maximum Gasteiger partial charge on any atom is 0.337 e. The Morgan fingerprint density at radius 2 is 2.24 bits per heavy atom. The third-order valence-corrected chi connectivity index (χ3v) is 3.14. The quantitative estimate of drug-likeness (QED) is 0.505. The summed E-state index contributed by atoms with van der Waals surface area (Å²) in [4.78, 5) is 11.6. The number of hydrogen-bond acceptors (Lipinski definition) is 3. The predicted octanol–water partition coefficient (Wildman–Crippen LogP) is 3.26. The second-order valence-corrected chi connectivity index (χ2v) is 4.24. The highest BCUT2D eigenvalue weighted by Crippen LogP contribution is 2.29. The monoisotopic (exact) mass is 366 g/mol. The summed E-state index contributed by atoms with van der Waals surface area (Å²) < 4.78 is 6.37. The lowest BCUT2D eigenvalue weighted by Gasteiger charge is -2.14. The van der Waals surface area contributed by atoms with Gasteiger partial charge in [-0.1, -0.05) is 52.4 Å². The zero-order valence-corrected chi connectivity index (χ0v) is 12.1. The van der Waals surface area contributed by atoms with Gasteiger partial charge >= 0.3 is 5.97 Å². The molecular formula is C12H12ClIO3. The van der Waals surface area contributed by atoms with Crippen molar-refractivity contribution in [2.75, 3.05) is 6.61 Å². The summed E-state index contributed by atoms with van der Waals surface area (Å²) in [5.74, 6) is -0.533. The van der Waals surface area contributed by atoms with Crippen molar-refractivity contribution in [2.45, 2.75) is 13.0 Å². The molecule has 0 fully saturated rings. The van der Waals surface area contributed by atoms with E-state index in [1.165, 1.54) is 4.08 Å². The zero-order valence-electron chi connectivity index (χ0n) is 9.19. The maximum absolute atomic E-state index is 11.6. The molecule has 0 heterocycles. The molecular weight excluding hydrogens is 354 g/mol. The van der Waals surface area contributed by atoms with Crippen LogP contribution >= 0.6 is 34.2 Å². The number of esters is 1. The van der Waals surface area contributed by atoms with Gasteiger partial charge in [0, 0.05) is 10.6 Å². The van der Waals surface area contributed by atoms with Crippen molar-refractivity contribution in [1.29, 1.82) is 0 Å². The summed E-state index contributed by atoms with van der Waals surface area (Å²) in [6, 6.07) is 6.85. The van der Waals surface area contributed by atoms with Crippen LogP contribution in [0.25, 0.3) is 0 Å². The van der Waals surface area contributed by atoms with E-state index in [-0.39, 0.29) is 12.2 Å². The maximum atomic E-state index is 11.6. The molecule has 0 bridgehead atoms. The Hall–Kier alpha value is -0.590. The van der Waals surface area contributed by atoms with E-state index < -0.39 is 12.1 Å². The minimum absolute atomic E-state index is 0.181. The SMILES string of the molecule is CCOC(=O)/C(=C\I)C(O)c1ccccc1Cl. The molecule has 0 aliphatic carbocycles. The van der Waals surface area contributed by atoms with E-state index in [4.69, 9.17) is 16.3 Å². The van der Waals surface area contributed by atoms with Crippen LogP contribution in [0, 0.1) is 0 Å². The fourth-order valence-electron chi connectivity index (χ4n) is 1.29. The van der Waals surface area contributed by atoms with Crippen molar-refractivity contribution < 1.29 is 14.6 Å². The van der Waals surface area contributed by atoms with Crippen molar-refractivity contribution in [3.8, 4) is 0 Å². The third-order valence-electron chi connectivity index (χ3n) is 2.12. The average Bonchev–Trinajstić information content (AvgIpc) is 2.30. The van der Waals surface area contributed by atoms with Crippen LogP contribution in [0.4, 0.5) is 0 Å². The molecule has 92 valence electrons. The minimum atomic E-state index is -1.07. The highest BCUT2D eigenvalue weighted by atomic mass is 127. The van der Waals surface area contributed by atoms with E-state index in [2.05, 4.69) is 0 Å². The molecule has 1 rings (SSSR count). The van der Waals surface area contributed by atoms with Crippen molar-refractivity contribution in [3.63, 3.8) is 0 Å². The van der Waals surface area contributed by atoms with Crippen LogP contribution in [-0.2, 0) is 9.53 Å². The molecule has 0 aliphatic rings. The highest BCUT2D eigenvalue weighted by molar-refractivity contribution is 14.1. The number of carbonyl (C=O) groups is 1. The molecule has 1 aromatic carbocycles. The molecule has 0 saturated carbocycles. The fourth-order valence-corrected chi connectivity index (χ4v) is 2.13. The van der Waals surface area contributed by atoms with Gasteiger partial charge in [-0.2, -0.15) is 0 Å². The van der Waals surface area contributed by atoms with Gasteiger partial charge in [0.25, 0.3) is 0 Å². The number of aliphatic hydroxyl groups excluding tert-OH is 1. The number of rotatable bonds is 4. The van der Waals surface area contributed by atoms with Gasteiger partial charge in [-0.05, 0) is 17.1 Å². The first-order valence-corrected chi connectivity index (χ1v) is 6.64. The molecule has 5 heteroatoms. The summed E-state index contributed by atoms with van der Waals surface area (Å²) in [5, 5.41) is 10.5. The molecule has 0 spiro atoms. The Bertz CT molecular complexity index is 432. The zero-order chi connectivity index (χ0) is 12.8. The molecule has 0 saturated heterocycles. The van der Waals surface area contributed by atoms with Crippen molar-refractivity contribution in [3.05, 3.63) is 44.5 Å². The van der Waals surface area contributed by atoms with Crippen molar-refractivity contribution in [1.82, 2.24) is 0 Å². The van der Waals surface area contributed by atoms with Crippen LogP contribution < -0.4 is 0 Å². The normalized spacial score (nSPS) is 13.3. The van der Waals surface area contributed by atoms with Crippen LogP contribution in [0.3, 0.4) is 0 Å². The van der Waals surface area contributed by atoms with Gasteiger partial charge in [0.05, 0.1) is 12.2 Å². The molecule has 3 nitrogen and oxygen atoms in total. The average molecular weight is 367 g/mol. The summed E-state index contributed by atoms with van der Waals surface area (Å²) >= 11 is 7.85. The lowest BCUT2D eigenvalue weighted by Crippen LogP contribution is -2.14. The molecule has 1 N–H and O–H groups in total. The summed E-state index contributed by atoms with van der Waals surface area (Å²) in [6.07, 6.45) is -1.07. The Kier molecular flexibility index (Phi) is 5.94. The molecule has 1 unspecified atom stereocenters. The van der Waals surface area contributed by atoms with E-state index in [1.54, 1.807) is 31.2 Å². The number of ether oxygens (including phenoxy) is 1. The molecule has 0 aromatic heterocycles. The fraction of sp³-hybridized carbons (Fsp3) is 0.250. The van der Waals surface area contributed by atoms with Gasteiger partial charge in [0.15, 0.2) is 0 Å². The third kappa shape index (κ3) is 3.69. The lowest BCUT2D eigenvalue weighted by molar-refractivity contribution is -0.139. The van der Waals surface area contributed by atoms with Gasteiger partial charge in [0.1, 0.15) is 6.10 Å². The molecule has 0 aliphatic heterocycles. The molecule has 0 radical (unpaired) electrons. The largest absolute Gasteiger partial charge is 0.463 e. The van der Waals surface area contributed by atoms with E-state index in [0.29, 0.717) is 10.6 Å². The van der Waals surface area contributed by atoms with Crippen LogP contribution in [0.2, 0.25) is 5.02 Å². The topological polar surface area (TPSA) is 46.5 Å². The first-order chi connectivity index (χ1) is 8.11. The minimum Gasteiger partial charge on any atom is -0.463 e. The van der Waals surface area contributed by atoms with E-state index in [1.807, 2.05) is 22.6 Å². The Morgan fingerprint density at radius 3 is 2.76 bits per heavy atom. The number of aliphatic hydroxyl groups is 1. The second kappa shape index (κ2) is 6.98. The highest BCUT2D eigenvalue weighted by Gasteiger charge is 2.22. The smallest absolute Gasteiger partial charge is 0.337 e. The molecule has 1 atom stereocenters. The first-order valence-electron chi connectivity index (χ1n) is 5.01. The number of benzene rings is 1. The Labute approximate surface area is 119 Å². The van der Waals surface area contributed by atoms with Gasteiger partial charge in [-0.3, -0.25) is 0 Å². The number of hydrogen-bond donors (Lipinski definition) is 1. The van der Waals surface area contributed by atoms with Crippen LogP contribution in [0.5, 0.6) is 0 Å². The number of carbonyl (C=O) groups excluding carboxylic acids is 1. The van der Waals surface area contributed by atoms with Crippen molar-refractivity contribution in [2.24, 2.45) is 0 Å². The van der Waals surface area contributed by atoms with E-state index in [0.717, 1.165) is 0 Å². The standard InChI is InChI=1S/C12H12ClIO3/c1-2-17-12(16)9(7-14)11(15)8-5-3-4-6-10(8)13/h3-7,11,15H,2H2,1H3/b9-7-. The Morgan fingerprint density at radius 1 is 1.59 bits per heavy atom. The first kappa shape index (κ1) is 14.5. The molecule has 0 amide bonds. The summed E-state index contributed by atoms with van der Waals surface area (Å²) in [5.41, 5.74) is 0.672. The van der Waals surface area contributed by atoms with E-state index in [9.17, 15) is 9.90 Å². The summed E-state index contributed by atoms with van der Waals surface area (Å²) in [7, 11) is 0. The van der Waals surface area contributed by atoms with Gasteiger partial charge in [0.2, 0.25) is 0 Å². The van der Waals surface area contributed by atoms with Gasteiger partial charge in [-0.25, -0.2) is 4.79 Å². The van der Waals surface area contributed by atoms with E-state index >= 15 is 0 Å². The van der Waals surface area contributed by atoms with Crippen LogP contribution in [-0.4, -0.2) is 17.7 Å². The van der Waals surface area contributed by atoms with Crippen LogP contribution in [0.15, 0.2) is 33.9 Å². The molecule has 1 aromatic rings. The molecule has 17 heavy (non-hydrogen) atoms. The Balaban J connectivity index is 2.99. The van der Waals surface area contributed by atoms with Crippen molar-refractivity contribution >= 4 is 40.2 Å². The lowest BCUT2D eigenvalue weighted by atomic mass is 10.0. The van der Waals surface area contributed by atoms with Crippen LogP contribution in [0.1, 0.15) is 18.6 Å². The van der Waals surface area contributed by atoms with Gasteiger partial charge < -0.3 is 9.84 Å². The number of halogens is 2. The second-order valence-electron chi connectivity index (χ2n) is 3.21. The van der Waals surface area contributed by atoms with Gasteiger partial charge in [-0.15, -0.1) is 0 Å².